The van der Waals surface area contributed by atoms with Gasteiger partial charge in [0.2, 0.25) is 0 Å². The van der Waals surface area contributed by atoms with Crippen LogP contribution in [-0.2, 0) is 4.74 Å². The number of nitriles is 1. The molecule has 0 aliphatic rings. The third kappa shape index (κ3) is 2.93. The number of methoxy groups -OCH3 is 1. The molecule has 0 fully saturated rings. The molecule has 0 atom stereocenters. The van der Waals surface area contributed by atoms with Gasteiger partial charge in [-0.05, 0) is 24.6 Å². The van der Waals surface area contributed by atoms with Crippen molar-refractivity contribution in [1.82, 2.24) is 0 Å². The Kier molecular flexibility index (Phi) is 4.07. The Bertz CT molecular complexity index is 385. The maximum atomic E-state index is 13.0. The quantitative estimate of drug-likeness (QED) is 0.712. The van der Waals surface area contributed by atoms with E-state index in [4.69, 9.17) is 14.7 Å². The molecule has 3 nitrogen and oxygen atoms in total. The lowest BCUT2D eigenvalue weighted by Gasteiger charge is -2.10. The highest BCUT2D eigenvalue weighted by Gasteiger charge is 2.09. The van der Waals surface area contributed by atoms with Crippen LogP contribution in [0.3, 0.4) is 0 Å². The van der Waals surface area contributed by atoms with E-state index < -0.39 is 5.82 Å². The Morgan fingerprint density at radius 2 is 2.13 bits per heavy atom. The summed E-state index contributed by atoms with van der Waals surface area (Å²) in [6.07, 6.45) is 0. The third-order valence-electron chi connectivity index (χ3n) is 1.89. The van der Waals surface area contributed by atoms with Gasteiger partial charge in [0.1, 0.15) is 24.2 Å². The highest BCUT2D eigenvalue weighted by Crippen LogP contribution is 2.24. The van der Waals surface area contributed by atoms with Gasteiger partial charge in [-0.3, -0.25) is 0 Å². The molecule has 0 N–H and O–H groups in total. The molecule has 1 aromatic rings. The largest absolute Gasteiger partial charge is 0.490 e. The second-order valence-electron chi connectivity index (χ2n) is 3.05. The molecular weight excluding hydrogens is 197 g/mol. The minimum absolute atomic E-state index is 0.212. The van der Waals surface area contributed by atoms with E-state index in [0.29, 0.717) is 24.5 Å². The van der Waals surface area contributed by atoms with Crippen LogP contribution in [0.1, 0.15) is 11.1 Å². The van der Waals surface area contributed by atoms with Crippen LogP contribution in [-0.4, -0.2) is 20.3 Å². The minimum Gasteiger partial charge on any atom is -0.490 e. The Morgan fingerprint density at radius 1 is 1.40 bits per heavy atom. The van der Waals surface area contributed by atoms with E-state index in [0.717, 1.165) is 6.07 Å². The molecule has 0 saturated carbocycles. The lowest BCUT2D eigenvalue weighted by atomic mass is 10.1. The van der Waals surface area contributed by atoms with Crippen LogP contribution < -0.4 is 4.74 Å². The normalized spacial score (nSPS) is 9.73. The van der Waals surface area contributed by atoms with Crippen LogP contribution in [0.4, 0.5) is 4.39 Å². The maximum Gasteiger partial charge on any atom is 0.140 e. The van der Waals surface area contributed by atoms with Gasteiger partial charge in [0, 0.05) is 7.11 Å². The van der Waals surface area contributed by atoms with Crippen LogP contribution in [0.2, 0.25) is 0 Å². The van der Waals surface area contributed by atoms with Crippen molar-refractivity contribution in [2.24, 2.45) is 0 Å². The summed E-state index contributed by atoms with van der Waals surface area (Å²) in [6.45, 7) is 2.48. The average Bonchev–Trinajstić information content (AvgIpc) is 2.20. The van der Waals surface area contributed by atoms with Crippen molar-refractivity contribution in [3.8, 4) is 11.8 Å². The summed E-state index contributed by atoms with van der Waals surface area (Å²) in [4.78, 5) is 0. The Hall–Kier alpha value is -1.60. The minimum atomic E-state index is -0.428. The third-order valence-corrected chi connectivity index (χ3v) is 1.89. The van der Waals surface area contributed by atoms with E-state index in [9.17, 15) is 4.39 Å². The molecule has 0 radical (unpaired) electrons. The average molecular weight is 209 g/mol. The van der Waals surface area contributed by atoms with Crippen LogP contribution in [0.15, 0.2) is 12.1 Å². The van der Waals surface area contributed by atoms with Gasteiger partial charge in [-0.15, -0.1) is 0 Å². The molecular formula is C11H12FNO2. The molecule has 1 rings (SSSR count). The zero-order valence-corrected chi connectivity index (χ0v) is 8.71. The van der Waals surface area contributed by atoms with Crippen molar-refractivity contribution in [3.63, 3.8) is 0 Å². The predicted molar refractivity (Wildman–Crippen MR) is 53.2 cm³/mol. The summed E-state index contributed by atoms with van der Waals surface area (Å²) in [5, 5.41) is 8.80. The molecule has 15 heavy (non-hydrogen) atoms. The van der Waals surface area contributed by atoms with Crippen molar-refractivity contribution in [3.05, 3.63) is 29.1 Å². The molecule has 80 valence electrons. The zero-order valence-electron chi connectivity index (χ0n) is 8.71. The highest BCUT2D eigenvalue weighted by molar-refractivity contribution is 5.48. The molecule has 1 aromatic carbocycles. The number of nitrogens with zero attached hydrogens (tertiary/aromatic N) is 1. The molecule has 0 bridgehead atoms. The van der Waals surface area contributed by atoms with Crippen LogP contribution in [0, 0.1) is 24.1 Å². The van der Waals surface area contributed by atoms with E-state index in [2.05, 4.69) is 0 Å². The predicted octanol–water partition coefficient (Wildman–Crippen LogP) is 2.03. The van der Waals surface area contributed by atoms with Crippen molar-refractivity contribution >= 4 is 0 Å². The fourth-order valence-corrected chi connectivity index (χ4v) is 1.23. The Morgan fingerprint density at radius 3 is 2.73 bits per heavy atom. The fraction of sp³-hybridized carbons (Fsp3) is 0.364. The van der Waals surface area contributed by atoms with Gasteiger partial charge in [0.15, 0.2) is 0 Å². The second-order valence-corrected chi connectivity index (χ2v) is 3.05. The monoisotopic (exact) mass is 209 g/mol. The van der Waals surface area contributed by atoms with Gasteiger partial charge in [0.05, 0.1) is 12.2 Å². The summed E-state index contributed by atoms with van der Waals surface area (Å²) >= 11 is 0. The summed E-state index contributed by atoms with van der Waals surface area (Å²) in [5.74, 6) is -0.000841. The van der Waals surface area contributed by atoms with Crippen molar-refractivity contribution in [2.75, 3.05) is 20.3 Å². The van der Waals surface area contributed by atoms with E-state index in [1.54, 1.807) is 14.0 Å². The number of benzene rings is 1. The lowest BCUT2D eigenvalue weighted by molar-refractivity contribution is 0.145. The first-order valence-electron chi connectivity index (χ1n) is 4.51. The van der Waals surface area contributed by atoms with Crippen LogP contribution in [0.5, 0.6) is 5.75 Å². The lowest BCUT2D eigenvalue weighted by Crippen LogP contribution is -2.06. The molecule has 0 unspecified atom stereocenters. The standard InChI is InChI=1S/C11H12FNO2/c1-8-5-10(12)6-9(7-13)11(8)15-4-3-14-2/h5-6H,3-4H2,1-2H3. The van der Waals surface area contributed by atoms with Crippen LogP contribution in [0.25, 0.3) is 0 Å². The first-order valence-corrected chi connectivity index (χ1v) is 4.51. The topological polar surface area (TPSA) is 42.2 Å². The number of halogens is 1. The molecule has 0 heterocycles. The molecule has 0 aromatic heterocycles. The summed E-state index contributed by atoms with van der Waals surface area (Å²) < 4.78 is 23.1. The number of aryl methyl sites for hydroxylation is 1. The van der Waals surface area contributed by atoms with Crippen molar-refractivity contribution in [1.29, 1.82) is 5.26 Å². The Labute approximate surface area is 88.0 Å². The first kappa shape index (κ1) is 11.5. The van der Waals surface area contributed by atoms with Gasteiger partial charge in [0.25, 0.3) is 0 Å². The Balaban J connectivity index is 2.90. The summed E-state index contributed by atoms with van der Waals surface area (Å²) in [6, 6.07) is 4.40. The van der Waals surface area contributed by atoms with Gasteiger partial charge >= 0.3 is 0 Å². The number of rotatable bonds is 4. The molecule has 0 amide bonds. The number of hydrogen-bond donors (Lipinski definition) is 0. The van der Waals surface area contributed by atoms with E-state index in [1.807, 2.05) is 6.07 Å². The second kappa shape index (κ2) is 5.32. The van der Waals surface area contributed by atoms with Gasteiger partial charge in [-0.25, -0.2) is 4.39 Å². The number of hydrogen-bond acceptors (Lipinski definition) is 3. The SMILES string of the molecule is COCCOc1c(C)cc(F)cc1C#N. The number of ether oxygens (including phenoxy) is 2. The van der Waals surface area contributed by atoms with Crippen LogP contribution >= 0.6 is 0 Å². The zero-order chi connectivity index (χ0) is 11.3. The molecule has 4 heteroatoms. The van der Waals surface area contributed by atoms with E-state index in [1.165, 1.54) is 6.07 Å². The summed E-state index contributed by atoms with van der Waals surface area (Å²) in [5.41, 5.74) is 0.825. The van der Waals surface area contributed by atoms with Gasteiger partial charge in [-0.2, -0.15) is 5.26 Å². The first-order chi connectivity index (χ1) is 7.19. The smallest absolute Gasteiger partial charge is 0.140 e. The van der Waals surface area contributed by atoms with Crippen molar-refractivity contribution in [2.45, 2.75) is 6.92 Å². The van der Waals surface area contributed by atoms with E-state index >= 15 is 0 Å². The molecule has 0 aliphatic carbocycles. The van der Waals surface area contributed by atoms with Gasteiger partial charge in [-0.1, -0.05) is 0 Å². The van der Waals surface area contributed by atoms with Gasteiger partial charge < -0.3 is 9.47 Å². The van der Waals surface area contributed by atoms with E-state index in [-0.39, 0.29) is 5.56 Å². The van der Waals surface area contributed by atoms with Crippen molar-refractivity contribution < 1.29 is 13.9 Å². The molecule has 0 spiro atoms. The fourth-order valence-electron chi connectivity index (χ4n) is 1.23. The highest BCUT2D eigenvalue weighted by atomic mass is 19.1. The maximum absolute atomic E-state index is 13.0. The molecule has 0 saturated heterocycles. The summed E-state index contributed by atoms with van der Waals surface area (Å²) in [7, 11) is 1.56. The molecule has 0 aliphatic heterocycles.